The van der Waals surface area contributed by atoms with Crippen molar-refractivity contribution in [2.75, 3.05) is 7.11 Å². The minimum Gasteiger partial charge on any atom is -0.496 e. The number of benzene rings is 2. The van der Waals surface area contributed by atoms with Crippen molar-refractivity contribution in [2.24, 2.45) is 5.92 Å². The zero-order valence-corrected chi connectivity index (χ0v) is 15.5. The molecule has 0 unspecified atom stereocenters. The number of ketones is 1. The van der Waals surface area contributed by atoms with E-state index in [4.69, 9.17) is 4.74 Å². The van der Waals surface area contributed by atoms with Gasteiger partial charge in [0.15, 0.2) is 5.78 Å². The van der Waals surface area contributed by atoms with Gasteiger partial charge in [0.25, 0.3) is 0 Å². The van der Waals surface area contributed by atoms with E-state index in [1.807, 2.05) is 32.0 Å². The van der Waals surface area contributed by atoms with Crippen molar-refractivity contribution in [3.63, 3.8) is 0 Å². The van der Waals surface area contributed by atoms with Crippen molar-refractivity contribution in [1.82, 2.24) is 5.32 Å². The fourth-order valence-corrected chi connectivity index (χ4v) is 2.79. The van der Waals surface area contributed by atoms with Crippen LogP contribution in [0.1, 0.15) is 47.8 Å². The van der Waals surface area contributed by atoms with Crippen LogP contribution in [-0.4, -0.2) is 18.8 Å². The highest BCUT2D eigenvalue weighted by Gasteiger charge is 2.22. The maximum Gasteiger partial charge on any atom is 0.223 e. The molecule has 1 amide bonds. The molecule has 0 aliphatic carbocycles. The summed E-state index contributed by atoms with van der Waals surface area (Å²) in [4.78, 5) is 24.7. The van der Waals surface area contributed by atoms with Crippen molar-refractivity contribution in [2.45, 2.75) is 33.2 Å². The molecule has 1 N–H and O–H groups in total. The Hall–Kier alpha value is -2.69. The number of hydrogen-bond donors (Lipinski definition) is 1. The number of amides is 1. The number of carbonyl (C=O) groups excluding carboxylic acids is 2. The van der Waals surface area contributed by atoms with Gasteiger partial charge in [-0.25, -0.2) is 4.39 Å². The number of halogens is 1. The van der Waals surface area contributed by atoms with E-state index in [9.17, 15) is 14.0 Å². The molecule has 2 atom stereocenters. The van der Waals surface area contributed by atoms with Crippen LogP contribution in [0.5, 0.6) is 5.75 Å². The van der Waals surface area contributed by atoms with Gasteiger partial charge in [-0.1, -0.05) is 36.8 Å². The number of hydrogen-bond acceptors (Lipinski definition) is 3. The van der Waals surface area contributed by atoms with E-state index in [0.717, 1.165) is 11.1 Å². The summed E-state index contributed by atoms with van der Waals surface area (Å²) >= 11 is 0. The summed E-state index contributed by atoms with van der Waals surface area (Å²) in [7, 11) is 1.58. The summed E-state index contributed by atoms with van der Waals surface area (Å²) in [5.74, 6) is -1.08. The summed E-state index contributed by atoms with van der Waals surface area (Å²) in [6, 6.07) is 11.3. The Balaban J connectivity index is 2.04. The monoisotopic (exact) mass is 357 g/mol. The summed E-state index contributed by atoms with van der Waals surface area (Å²) in [6.07, 6.45) is -0.0512. The molecular weight excluding hydrogens is 333 g/mol. The molecule has 0 aliphatic heterocycles. The molecule has 0 aromatic heterocycles. The first-order valence-corrected chi connectivity index (χ1v) is 8.56. The average Bonchev–Trinajstić information content (AvgIpc) is 2.61. The SMILES string of the molecule is COc1ccc(C)cc1[C@H](C)NC(=O)[C@@H](C)CC(=O)c1ccccc1F. The molecule has 0 saturated carbocycles. The lowest BCUT2D eigenvalue weighted by molar-refractivity contribution is -0.125. The Morgan fingerprint density at radius 2 is 1.85 bits per heavy atom. The highest BCUT2D eigenvalue weighted by Crippen LogP contribution is 2.26. The van der Waals surface area contributed by atoms with Gasteiger partial charge in [-0.3, -0.25) is 9.59 Å². The van der Waals surface area contributed by atoms with E-state index < -0.39 is 11.7 Å². The molecule has 26 heavy (non-hydrogen) atoms. The van der Waals surface area contributed by atoms with Crippen LogP contribution in [0.2, 0.25) is 0 Å². The van der Waals surface area contributed by atoms with E-state index in [-0.39, 0.29) is 29.7 Å². The fraction of sp³-hybridized carbons (Fsp3) is 0.333. The lowest BCUT2D eigenvalue weighted by Gasteiger charge is -2.20. The molecule has 0 radical (unpaired) electrons. The number of aryl methyl sites for hydroxylation is 1. The smallest absolute Gasteiger partial charge is 0.223 e. The zero-order chi connectivity index (χ0) is 19.3. The van der Waals surface area contributed by atoms with Crippen LogP contribution < -0.4 is 10.1 Å². The Bertz CT molecular complexity index is 804. The topological polar surface area (TPSA) is 55.4 Å². The highest BCUT2D eigenvalue weighted by atomic mass is 19.1. The number of rotatable bonds is 7. The second-order valence-corrected chi connectivity index (χ2v) is 6.48. The summed E-state index contributed by atoms with van der Waals surface area (Å²) < 4.78 is 19.1. The van der Waals surface area contributed by atoms with Gasteiger partial charge in [0.05, 0.1) is 18.7 Å². The molecule has 0 aliphatic rings. The van der Waals surface area contributed by atoms with E-state index in [2.05, 4.69) is 5.32 Å². The van der Waals surface area contributed by atoms with Crippen LogP contribution >= 0.6 is 0 Å². The number of methoxy groups -OCH3 is 1. The first kappa shape index (κ1) is 19.6. The van der Waals surface area contributed by atoms with Gasteiger partial charge >= 0.3 is 0 Å². The maximum absolute atomic E-state index is 13.7. The van der Waals surface area contributed by atoms with Crippen LogP contribution in [0.3, 0.4) is 0 Å². The van der Waals surface area contributed by atoms with Crippen LogP contribution in [-0.2, 0) is 4.79 Å². The Labute approximate surface area is 153 Å². The third-order valence-corrected chi connectivity index (χ3v) is 4.32. The fourth-order valence-electron chi connectivity index (χ4n) is 2.79. The first-order chi connectivity index (χ1) is 12.3. The minimum atomic E-state index is -0.569. The largest absolute Gasteiger partial charge is 0.496 e. The average molecular weight is 357 g/mol. The number of carbonyl (C=O) groups is 2. The number of nitrogens with one attached hydrogen (secondary N) is 1. The molecule has 0 saturated heterocycles. The molecular formula is C21H24FNO3. The lowest BCUT2D eigenvalue weighted by atomic mass is 9.97. The highest BCUT2D eigenvalue weighted by molar-refractivity contribution is 5.98. The summed E-state index contributed by atoms with van der Waals surface area (Å²) in [6.45, 7) is 5.49. The Morgan fingerprint density at radius 3 is 2.50 bits per heavy atom. The molecule has 0 bridgehead atoms. The van der Waals surface area contributed by atoms with Gasteiger partial charge in [-0.2, -0.15) is 0 Å². The van der Waals surface area contributed by atoms with Crippen molar-refractivity contribution >= 4 is 11.7 Å². The van der Waals surface area contributed by atoms with E-state index in [1.54, 1.807) is 20.1 Å². The molecule has 2 aromatic rings. The third kappa shape index (κ3) is 4.69. The van der Waals surface area contributed by atoms with Crippen molar-refractivity contribution in [3.05, 3.63) is 65.0 Å². The molecule has 0 spiro atoms. The van der Waals surface area contributed by atoms with Gasteiger partial charge in [0.2, 0.25) is 5.91 Å². The molecule has 2 rings (SSSR count). The quantitative estimate of drug-likeness (QED) is 0.755. The first-order valence-electron chi connectivity index (χ1n) is 8.56. The zero-order valence-electron chi connectivity index (χ0n) is 15.5. The van der Waals surface area contributed by atoms with Crippen molar-refractivity contribution in [1.29, 1.82) is 0 Å². The van der Waals surface area contributed by atoms with Gasteiger partial charge in [0, 0.05) is 17.9 Å². The van der Waals surface area contributed by atoms with Crippen molar-refractivity contribution in [3.8, 4) is 5.75 Å². The van der Waals surface area contributed by atoms with Gasteiger partial charge in [0.1, 0.15) is 11.6 Å². The van der Waals surface area contributed by atoms with Crippen molar-refractivity contribution < 1.29 is 18.7 Å². The Kier molecular flexibility index (Phi) is 6.50. The van der Waals surface area contributed by atoms with E-state index >= 15 is 0 Å². The number of Topliss-reactive ketones (excluding diaryl/α,β-unsaturated/α-hetero) is 1. The molecule has 2 aromatic carbocycles. The van der Waals surface area contributed by atoms with Gasteiger partial charge in [-0.15, -0.1) is 0 Å². The summed E-state index contributed by atoms with van der Waals surface area (Å²) in [5, 5.41) is 2.90. The number of ether oxygens (including phenoxy) is 1. The van der Waals surface area contributed by atoms with Gasteiger partial charge < -0.3 is 10.1 Å². The molecule has 0 fully saturated rings. The minimum absolute atomic E-state index is 0.0144. The molecule has 138 valence electrons. The van der Waals surface area contributed by atoms with Crippen LogP contribution in [0, 0.1) is 18.7 Å². The lowest BCUT2D eigenvalue weighted by Crippen LogP contribution is -2.33. The standard InChI is InChI=1S/C21H24FNO3/c1-13-9-10-20(26-4)17(11-13)15(3)23-21(25)14(2)12-19(24)16-7-5-6-8-18(16)22/h5-11,14-15H,12H2,1-4H3,(H,23,25)/t14-,15-/m0/s1. The third-order valence-electron chi connectivity index (χ3n) is 4.32. The Morgan fingerprint density at radius 1 is 1.15 bits per heavy atom. The van der Waals surface area contributed by atoms with Gasteiger partial charge in [-0.05, 0) is 32.0 Å². The maximum atomic E-state index is 13.7. The van der Waals surface area contributed by atoms with Crippen LogP contribution in [0.25, 0.3) is 0 Å². The summed E-state index contributed by atoms with van der Waals surface area (Å²) in [5.41, 5.74) is 1.94. The van der Waals surface area contributed by atoms with Crippen LogP contribution in [0.15, 0.2) is 42.5 Å². The predicted molar refractivity (Wildman–Crippen MR) is 98.8 cm³/mol. The molecule has 5 heteroatoms. The molecule has 0 heterocycles. The predicted octanol–water partition coefficient (Wildman–Crippen LogP) is 4.23. The van der Waals surface area contributed by atoms with E-state index in [1.165, 1.54) is 18.2 Å². The molecule has 4 nitrogen and oxygen atoms in total. The van der Waals surface area contributed by atoms with E-state index in [0.29, 0.717) is 5.75 Å². The normalized spacial score (nSPS) is 13.0. The second-order valence-electron chi connectivity index (χ2n) is 6.48. The van der Waals surface area contributed by atoms with Crippen LogP contribution in [0.4, 0.5) is 4.39 Å². The second kappa shape index (κ2) is 8.61.